The summed E-state index contributed by atoms with van der Waals surface area (Å²) in [7, 11) is 0. The third-order valence-corrected chi connectivity index (χ3v) is 4.23. The number of carbonyl (C=O) groups is 1. The summed E-state index contributed by atoms with van der Waals surface area (Å²) in [6.07, 6.45) is 11.1. The Morgan fingerprint density at radius 2 is 2.30 bits per heavy atom. The van der Waals surface area contributed by atoms with Gasteiger partial charge in [0.25, 0.3) is 5.91 Å². The summed E-state index contributed by atoms with van der Waals surface area (Å²) in [5.74, 6) is 0.0155. The van der Waals surface area contributed by atoms with Crippen molar-refractivity contribution in [3.8, 4) is 0 Å². The zero-order chi connectivity index (χ0) is 20.7. The van der Waals surface area contributed by atoms with Gasteiger partial charge in [-0.15, -0.1) is 23.4 Å². The first kappa shape index (κ1) is 25.6. The number of hydrogen-bond acceptors (Lipinski definition) is 4. The monoisotopic (exact) mass is 430 g/mol. The second kappa shape index (κ2) is 15.6. The first-order valence-corrected chi connectivity index (χ1v) is 10.6. The van der Waals surface area contributed by atoms with Crippen molar-refractivity contribution in [3.63, 3.8) is 0 Å². The van der Waals surface area contributed by atoms with Crippen LogP contribution in [0, 0.1) is 0 Å². The number of ether oxygens (including phenoxy) is 1. The van der Waals surface area contributed by atoms with Gasteiger partial charge in [0.15, 0.2) is 6.10 Å². The number of carbonyl (C=O) groups excluding carboxylic acids is 1. The average Bonchev–Trinajstić information content (AvgIpc) is 2.65. The van der Waals surface area contributed by atoms with Crippen LogP contribution in [-0.4, -0.2) is 36.4 Å². The minimum atomic E-state index is -0.663. The van der Waals surface area contributed by atoms with Crippen molar-refractivity contribution in [1.82, 2.24) is 5.32 Å². The fourth-order valence-electron chi connectivity index (χ4n) is 1.79. The lowest BCUT2D eigenvalue weighted by atomic mass is 10.2. The summed E-state index contributed by atoms with van der Waals surface area (Å²) >= 11 is 13.7. The molecule has 0 fully saturated rings. The van der Waals surface area contributed by atoms with E-state index in [0.717, 1.165) is 5.57 Å². The van der Waals surface area contributed by atoms with Crippen LogP contribution in [0.5, 0.6) is 0 Å². The minimum Gasteiger partial charge on any atom is -0.463 e. The van der Waals surface area contributed by atoms with E-state index in [4.69, 9.17) is 27.9 Å². The highest BCUT2D eigenvalue weighted by molar-refractivity contribution is 8.01. The maximum Gasteiger partial charge on any atom is 0.261 e. The predicted octanol–water partition coefficient (Wildman–Crippen LogP) is 5.57. The number of halogens is 2. The quantitative estimate of drug-likeness (QED) is 0.384. The number of aliphatic imine (C=N–C) groups is 1. The van der Waals surface area contributed by atoms with E-state index in [1.165, 1.54) is 0 Å². The summed E-state index contributed by atoms with van der Waals surface area (Å²) in [5, 5.41) is 4.99. The molecule has 0 spiro atoms. The average molecular weight is 431 g/mol. The van der Waals surface area contributed by atoms with Crippen LogP contribution in [0.2, 0.25) is 0 Å². The molecule has 27 heavy (non-hydrogen) atoms. The number of amides is 1. The molecule has 1 rings (SSSR count). The zero-order valence-electron chi connectivity index (χ0n) is 16.1. The molecule has 0 aromatic heterocycles. The maximum absolute atomic E-state index is 12.1. The van der Waals surface area contributed by atoms with Gasteiger partial charge in [-0.3, -0.25) is 4.79 Å². The molecule has 7 heteroatoms. The molecule has 0 bridgehead atoms. The molecule has 0 saturated heterocycles. The Hall–Kier alpha value is -1.43. The van der Waals surface area contributed by atoms with Gasteiger partial charge < -0.3 is 10.1 Å². The van der Waals surface area contributed by atoms with Gasteiger partial charge in [0, 0.05) is 19.2 Å². The van der Waals surface area contributed by atoms with Crippen molar-refractivity contribution >= 4 is 47.1 Å². The Balaban J connectivity index is 0.00000119. The van der Waals surface area contributed by atoms with Gasteiger partial charge in [-0.25, -0.2) is 4.99 Å². The van der Waals surface area contributed by atoms with Gasteiger partial charge in [0.05, 0.1) is 10.4 Å². The van der Waals surface area contributed by atoms with Gasteiger partial charge in [-0.2, -0.15) is 0 Å². The molecule has 1 heterocycles. The van der Waals surface area contributed by atoms with Crippen LogP contribution >= 0.6 is 35.0 Å². The molecule has 2 unspecified atom stereocenters. The molecule has 2 atom stereocenters. The first-order chi connectivity index (χ1) is 12.9. The normalized spacial score (nSPS) is 17.4. The molecule has 1 N–H and O–H groups in total. The molecule has 0 radical (unpaired) electrons. The van der Waals surface area contributed by atoms with Gasteiger partial charge in [-0.1, -0.05) is 56.0 Å². The van der Waals surface area contributed by atoms with Gasteiger partial charge in [-0.05, 0) is 30.6 Å². The molecule has 1 aliphatic heterocycles. The van der Waals surface area contributed by atoms with E-state index in [0.29, 0.717) is 24.4 Å². The number of rotatable bonds is 9. The van der Waals surface area contributed by atoms with Crippen molar-refractivity contribution in [2.75, 3.05) is 12.8 Å². The molecule has 0 saturated carbocycles. The van der Waals surface area contributed by atoms with Crippen molar-refractivity contribution in [2.45, 2.75) is 38.2 Å². The van der Waals surface area contributed by atoms with Gasteiger partial charge in [0.1, 0.15) is 0 Å². The van der Waals surface area contributed by atoms with E-state index < -0.39 is 6.10 Å². The third-order valence-electron chi connectivity index (χ3n) is 3.11. The highest BCUT2D eigenvalue weighted by Crippen LogP contribution is 2.25. The lowest BCUT2D eigenvalue weighted by Gasteiger charge is -2.20. The fraction of sp³-hybridized carbons (Fsp3) is 0.400. The largest absolute Gasteiger partial charge is 0.463 e. The van der Waals surface area contributed by atoms with Crippen molar-refractivity contribution in [1.29, 1.82) is 0 Å². The van der Waals surface area contributed by atoms with Crippen LogP contribution in [0.15, 0.2) is 64.4 Å². The number of alkyl halides is 1. The number of nitrogens with zero attached hydrogens (tertiary/aromatic N) is 1. The van der Waals surface area contributed by atoms with E-state index in [2.05, 4.69) is 23.5 Å². The standard InChI is InChI=1S/C16H20Cl2N2O2.C4H8S/c1-4-6-7-11(3)9-19-15(21)14(5-2)22-16-13(18)8-12(17)10-20-16;1-3-4-5-2/h4,6-7,10,12,14H,1,3,5,8-9H2,2H3,(H,19,21);3-4H,1-2H3/b7-6+;4-3+. The van der Waals surface area contributed by atoms with Gasteiger partial charge >= 0.3 is 0 Å². The Labute approximate surface area is 177 Å². The van der Waals surface area contributed by atoms with Crippen molar-refractivity contribution < 1.29 is 9.53 Å². The second-order valence-corrected chi connectivity index (χ2v) is 7.16. The van der Waals surface area contributed by atoms with Crippen LogP contribution in [-0.2, 0) is 9.53 Å². The van der Waals surface area contributed by atoms with E-state index in [1.807, 2.05) is 31.6 Å². The summed E-state index contributed by atoms with van der Waals surface area (Å²) in [6.45, 7) is 11.6. The Bertz CT molecular complexity index is 613. The Morgan fingerprint density at radius 1 is 1.59 bits per heavy atom. The molecule has 1 amide bonds. The lowest BCUT2D eigenvalue weighted by Crippen LogP contribution is -2.37. The molecule has 1 aliphatic rings. The SMILES string of the molecule is C/C=C/SC.C=C/C=C/C(=C)CNC(=O)C(CC)OC1=C(Cl)CC(Cl)C=N1. The number of nitrogens with one attached hydrogen (secondary N) is 1. The molecule has 4 nitrogen and oxygen atoms in total. The second-order valence-electron chi connectivity index (χ2n) is 5.40. The smallest absolute Gasteiger partial charge is 0.261 e. The van der Waals surface area contributed by atoms with Crippen LogP contribution < -0.4 is 5.32 Å². The van der Waals surface area contributed by atoms with E-state index >= 15 is 0 Å². The topological polar surface area (TPSA) is 50.7 Å². The molecular weight excluding hydrogens is 403 g/mol. The zero-order valence-corrected chi connectivity index (χ0v) is 18.4. The highest BCUT2D eigenvalue weighted by Gasteiger charge is 2.23. The van der Waals surface area contributed by atoms with E-state index in [-0.39, 0.29) is 17.2 Å². The molecule has 0 aromatic rings. The molecule has 0 aliphatic carbocycles. The molecule has 150 valence electrons. The van der Waals surface area contributed by atoms with E-state index in [1.54, 1.807) is 36.2 Å². The summed E-state index contributed by atoms with van der Waals surface area (Å²) in [4.78, 5) is 16.2. The van der Waals surface area contributed by atoms with E-state index in [9.17, 15) is 4.79 Å². The molecular formula is C20H28Cl2N2O2S. The predicted molar refractivity (Wildman–Crippen MR) is 121 cm³/mol. The summed E-state index contributed by atoms with van der Waals surface area (Å²) in [6, 6.07) is 0. The fourth-order valence-corrected chi connectivity index (χ4v) is 2.62. The van der Waals surface area contributed by atoms with Crippen LogP contribution in [0.4, 0.5) is 0 Å². The van der Waals surface area contributed by atoms with Crippen LogP contribution in [0.3, 0.4) is 0 Å². The Morgan fingerprint density at radius 3 is 2.78 bits per heavy atom. The van der Waals surface area contributed by atoms with Crippen LogP contribution in [0.25, 0.3) is 0 Å². The number of thioether (sulfide) groups is 1. The van der Waals surface area contributed by atoms with Crippen molar-refractivity contribution in [3.05, 3.63) is 59.4 Å². The third kappa shape index (κ3) is 11.8. The van der Waals surface area contributed by atoms with Crippen LogP contribution in [0.1, 0.15) is 26.7 Å². The minimum absolute atomic E-state index is 0.240. The number of allylic oxidation sites excluding steroid dienone is 4. The first-order valence-electron chi connectivity index (χ1n) is 8.51. The lowest BCUT2D eigenvalue weighted by molar-refractivity contribution is -0.130. The number of hydrogen-bond donors (Lipinski definition) is 1. The molecule has 0 aromatic carbocycles. The Kier molecular flexibility index (Phi) is 14.8. The van der Waals surface area contributed by atoms with Crippen molar-refractivity contribution in [2.24, 2.45) is 4.99 Å². The highest BCUT2D eigenvalue weighted by atomic mass is 35.5. The van der Waals surface area contributed by atoms with Gasteiger partial charge in [0.2, 0.25) is 5.88 Å². The maximum atomic E-state index is 12.1. The summed E-state index contributed by atoms with van der Waals surface area (Å²) < 4.78 is 5.59. The summed E-state index contributed by atoms with van der Waals surface area (Å²) in [5.41, 5.74) is 0.765.